The molecule has 5 aromatic carbocycles. The summed E-state index contributed by atoms with van der Waals surface area (Å²) in [6, 6.07) is 40.7. The van der Waals surface area contributed by atoms with Crippen LogP contribution in [0.3, 0.4) is 0 Å². The van der Waals surface area contributed by atoms with Crippen molar-refractivity contribution in [2.24, 2.45) is 0 Å². The summed E-state index contributed by atoms with van der Waals surface area (Å²) in [5.74, 6) is -3.71. The van der Waals surface area contributed by atoms with Crippen LogP contribution in [-0.2, 0) is 23.7 Å². The maximum atomic E-state index is 13.5. The van der Waals surface area contributed by atoms with Crippen LogP contribution in [0.4, 0.5) is 0 Å². The number of carbonyl (C=O) groups excluding carboxylic acids is 5. The van der Waals surface area contributed by atoms with Crippen molar-refractivity contribution >= 4 is 29.8 Å². The van der Waals surface area contributed by atoms with Crippen LogP contribution >= 0.6 is 0 Å². The number of benzene rings is 5. The summed E-state index contributed by atoms with van der Waals surface area (Å²) in [7, 11) is 0. The Morgan fingerprint density at radius 2 is 0.647 bits per heavy atom. The molecule has 0 amide bonds. The predicted octanol–water partition coefficient (Wildman–Crippen LogP) is 6.77. The lowest BCUT2D eigenvalue weighted by Gasteiger charge is -2.29. The standard InChI is InChI=1S/C41H34O10/c42-37(29-16-6-1-7-17-29)47-27-34(49-39(44)31-20-10-3-11-21-31)26-35(50-40(45)32-22-12-4-13-23-32)36(51-41(46)33-24-14-5-15-25-33)28-48-38(43)30-18-8-2-9-19-30/h1-25,34-36H,26-28H2/t34-,35+,36-/m1/s1. The summed E-state index contributed by atoms with van der Waals surface area (Å²) in [6.45, 7) is -0.989. The third-order valence-corrected chi connectivity index (χ3v) is 7.53. The van der Waals surface area contributed by atoms with Crippen LogP contribution in [-0.4, -0.2) is 61.4 Å². The molecule has 0 radical (unpaired) electrons. The molecule has 0 aromatic heterocycles. The van der Waals surface area contributed by atoms with E-state index in [1.165, 1.54) is 24.3 Å². The van der Waals surface area contributed by atoms with Gasteiger partial charge in [0.05, 0.1) is 27.8 Å². The summed E-state index contributed by atoms with van der Waals surface area (Å²) < 4.78 is 28.8. The average molecular weight is 687 g/mol. The van der Waals surface area contributed by atoms with Gasteiger partial charge >= 0.3 is 29.8 Å². The Hall–Kier alpha value is -6.55. The van der Waals surface area contributed by atoms with Gasteiger partial charge < -0.3 is 23.7 Å². The molecule has 0 aliphatic carbocycles. The summed E-state index contributed by atoms with van der Waals surface area (Å²) in [4.78, 5) is 66.1. The fourth-order valence-electron chi connectivity index (χ4n) is 4.90. The molecule has 258 valence electrons. The van der Waals surface area contributed by atoms with E-state index in [0.29, 0.717) is 0 Å². The molecule has 0 aliphatic rings. The lowest BCUT2D eigenvalue weighted by atomic mass is 10.1. The van der Waals surface area contributed by atoms with Gasteiger partial charge in [-0.05, 0) is 60.7 Å². The first-order valence-corrected chi connectivity index (χ1v) is 16.1. The van der Waals surface area contributed by atoms with Crippen molar-refractivity contribution in [2.75, 3.05) is 13.2 Å². The van der Waals surface area contributed by atoms with E-state index >= 15 is 0 Å². The molecule has 3 atom stereocenters. The third kappa shape index (κ3) is 10.7. The molecule has 5 rings (SSSR count). The molecule has 0 saturated carbocycles. The number of rotatable bonds is 15. The molecule has 0 spiro atoms. The lowest BCUT2D eigenvalue weighted by molar-refractivity contribution is -0.0771. The average Bonchev–Trinajstić information content (AvgIpc) is 3.19. The van der Waals surface area contributed by atoms with Crippen molar-refractivity contribution in [3.8, 4) is 0 Å². The predicted molar refractivity (Wildman–Crippen MR) is 185 cm³/mol. The summed E-state index contributed by atoms with van der Waals surface area (Å²) in [5, 5.41) is 0. The lowest BCUT2D eigenvalue weighted by Crippen LogP contribution is -2.43. The largest absolute Gasteiger partial charge is 0.458 e. The number of esters is 5. The molecular weight excluding hydrogens is 652 g/mol. The second-order valence-electron chi connectivity index (χ2n) is 11.2. The molecule has 10 heteroatoms. The van der Waals surface area contributed by atoms with Gasteiger partial charge in [0.1, 0.15) is 25.4 Å². The van der Waals surface area contributed by atoms with Gasteiger partial charge in [-0.2, -0.15) is 0 Å². The fourth-order valence-corrected chi connectivity index (χ4v) is 4.90. The second kappa shape index (κ2) is 18.3. The van der Waals surface area contributed by atoms with Crippen LogP contribution in [0.5, 0.6) is 0 Å². The molecule has 0 saturated heterocycles. The third-order valence-electron chi connectivity index (χ3n) is 7.53. The van der Waals surface area contributed by atoms with Crippen molar-refractivity contribution in [3.05, 3.63) is 179 Å². The number of hydrogen-bond donors (Lipinski definition) is 0. The molecule has 0 aliphatic heterocycles. The molecular formula is C41H34O10. The molecule has 0 heterocycles. The Morgan fingerprint density at radius 3 is 1.02 bits per heavy atom. The molecule has 0 N–H and O–H groups in total. The van der Waals surface area contributed by atoms with Crippen LogP contribution in [0, 0.1) is 0 Å². The van der Waals surface area contributed by atoms with Crippen LogP contribution in [0.25, 0.3) is 0 Å². The molecule has 51 heavy (non-hydrogen) atoms. The summed E-state index contributed by atoms with van der Waals surface area (Å²) in [5.41, 5.74) is 1.10. The topological polar surface area (TPSA) is 132 Å². The maximum absolute atomic E-state index is 13.5. The monoisotopic (exact) mass is 686 g/mol. The van der Waals surface area contributed by atoms with E-state index < -0.39 is 61.4 Å². The minimum atomic E-state index is -1.40. The zero-order valence-corrected chi connectivity index (χ0v) is 27.4. The van der Waals surface area contributed by atoms with Gasteiger partial charge in [0, 0.05) is 6.42 Å². The highest BCUT2D eigenvalue weighted by atomic mass is 16.6. The van der Waals surface area contributed by atoms with Crippen molar-refractivity contribution in [3.63, 3.8) is 0 Å². The van der Waals surface area contributed by atoms with Crippen LogP contribution in [0.15, 0.2) is 152 Å². The van der Waals surface area contributed by atoms with Crippen molar-refractivity contribution in [1.82, 2.24) is 0 Å². The van der Waals surface area contributed by atoms with E-state index in [9.17, 15) is 24.0 Å². The Labute approximate surface area is 294 Å². The molecule has 0 fully saturated rings. The molecule has 10 nitrogen and oxygen atoms in total. The molecule has 0 bridgehead atoms. The zero-order valence-electron chi connectivity index (χ0n) is 27.4. The van der Waals surface area contributed by atoms with Gasteiger partial charge in [0.15, 0.2) is 6.10 Å². The minimum Gasteiger partial charge on any atom is -0.458 e. The van der Waals surface area contributed by atoms with Gasteiger partial charge in [-0.15, -0.1) is 0 Å². The Morgan fingerprint density at radius 1 is 0.353 bits per heavy atom. The quantitative estimate of drug-likeness (QED) is 0.0859. The first-order valence-electron chi connectivity index (χ1n) is 16.1. The van der Waals surface area contributed by atoms with E-state index in [2.05, 4.69) is 0 Å². The first kappa shape index (κ1) is 35.7. The van der Waals surface area contributed by atoms with Crippen molar-refractivity contribution in [2.45, 2.75) is 24.7 Å². The Kier molecular flexibility index (Phi) is 12.8. The van der Waals surface area contributed by atoms with Gasteiger partial charge in [-0.1, -0.05) is 91.0 Å². The van der Waals surface area contributed by atoms with E-state index in [1.54, 1.807) is 127 Å². The van der Waals surface area contributed by atoms with E-state index in [-0.39, 0.29) is 34.2 Å². The second-order valence-corrected chi connectivity index (χ2v) is 11.2. The molecule has 0 unspecified atom stereocenters. The highest BCUT2D eigenvalue weighted by Gasteiger charge is 2.35. The Bertz CT molecular complexity index is 1880. The van der Waals surface area contributed by atoms with E-state index in [0.717, 1.165) is 0 Å². The normalized spacial score (nSPS) is 12.3. The zero-order chi connectivity index (χ0) is 35.8. The highest BCUT2D eigenvalue weighted by Crippen LogP contribution is 2.21. The van der Waals surface area contributed by atoms with Gasteiger partial charge in [0.25, 0.3) is 0 Å². The minimum absolute atomic E-state index is 0.185. The first-order chi connectivity index (χ1) is 24.9. The van der Waals surface area contributed by atoms with Crippen LogP contribution < -0.4 is 0 Å². The number of hydrogen-bond acceptors (Lipinski definition) is 10. The van der Waals surface area contributed by atoms with Gasteiger partial charge in [-0.25, -0.2) is 24.0 Å². The number of ether oxygens (including phenoxy) is 5. The van der Waals surface area contributed by atoms with Crippen LogP contribution in [0.2, 0.25) is 0 Å². The number of carbonyl (C=O) groups is 5. The van der Waals surface area contributed by atoms with Crippen LogP contribution in [0.1, 0.15) is 58.2 Å². The smallest absolute Gasteiger partial charge is 0.338 e. The van der Waals surface area contributed by atoms with Gasteiger partial charge in [0.2, 0.25) is 0 Å². The maximum Gasteiger partial charge on any atom is 0.338 e. The van der Waals surface area contributed by atoms with Gasteiger partial charge in [-0.3, -0.25) is 0 Å². The Balaban J connectivity index is 1.47. The SMILES string of the molecule is O=C(OC[C@@H](C[C@H](OC(=O)c1ccccc1)[C@@H](COC(=O)c1ccccc1)OC(=O)c1ccccc1)OC(=O)c1ccccc1)c1ccccc1. The fraction of sp³-hybridized carbons (Fsp3) is 0.146. The highest BCUT2D eigenvalue weighted by molar-refractivity contribution is 5.92. The van der Waals surface area contributed by atoms with Crippen molar-refractivity contribution in [1.29, 1.82) is 0 Å². The summed E-state index contributed by atoms with van der Waals surface area (Å²) in [6.07, 6.45) is -4.32. The molecule has 5 aromatic rings. The van der Waals surface area contributed by atoms with E-state index in [4.69, 9.17) is 23.7 Å². The summed E-state index contributed by atoms with van der Waals surface area (Å²) >= 11 is 0. The van der Waals surface area contributed by atoms with E-state index in [1.807, 2.05) is 0 Å². The van der Waals surface area contributed by atoms with Crippen molar-refractivity contribution < 1.29 is 47.7 Å².